The van der Waals surface area contributed by atoms with Crippen molar-refractivity contribution >= 4 is 39.2 Å². The number of guanidine groups is 1. The molecule has 0 amide bonds. The predicted octanol–water partition coefficient (Wildman–Crippen LogP) is 2.10. The molecular weight excluding hydrogens is 411 g/mol. The Hall–Kier alpha value is -1.06. The molecule has 0 spiro atoms. The largest absolute Gasteiger partial charge is 0.373 e. The summed E-state index contributed by atoms with van der Waals surface area (Å²) < 4.78 is 32.2. The summed E-state index contributed by atoms with van der Waals surface area (Å²) in [5.41, 5.74) is 0.868. The highest BCUT2D eigenvalue weighted by atomic mass is 35.5. The molecule has 2 unspecified atom stereocenters. The van der Waals surface area contributed by atoms with Gasteiger partial charge in [0.2, 0.25) is 10.0 Å². The Morgan fingerprint density at radius 2 is 1.93 bits per heavy atom. The molecule has 0 bridgehead atoms. The molecule has 2 atom stereocenters. The van der Waals surface area contributed by atoms with Crippen LogP contribution in [0.3, 0.4) is 0 Å². The van der Waals surface area contributed by atoms with Crippen molar-refractivity contribution in [3.63, 3.8) is 0 Å². The summed E-state index contributed by atoms with van der Waals surface area (Å²) in [6.45, 7) is 5.22. The number of hydrogen-bond acceptors (Lipinski definition) is 4. The molecule has 1 aliphatic rings. The second kappa shape index (κ2) is 9.93. The minimum Gasteiger partial charge on any atom is -0.373 e. The van der Waals surface area contributed by atoms with E-state index < -0.39 is 10.0 Å². The van der Waals surface area contributed by atoms with Crippen LogP contribution >= 0.6 is 23.2 Å². The molecule has 10 heteroatoms. The lowest BCUT2D eigenvalue weighted by molar-refractivity contribution is -0.0440. The SMILES string of the molecule is CN=C(NCCS(=O)(=O)N1CC(C)OC(C)C1)NCc1ccc(Cl)cc1Cl. The molecule has 0 aliphatic carbocycles. The van der Waals surface area contributed by atoms with E-state index in [4.69, 9.17) is 27.9 Å². The molecule has 1 fully saturated rings. The minimum atomic E-state index is -3.36. The van der Waals surface area contributed by atoms with Gasteiger partial charge in [-0.05, 0) is 31.5 Å². The van der Waals surface area contributed by atoms with Gasteiger partial charge in [-0.15, -0.1) is 0 Å². The molecule has 27 heavy (non-hydrogen) atoms. The van der Waals surface area contributed by atoms with Crippen molar-refractivity contribution in [1.82, 2.24) is 14.9 Å². The molecular formula is C17H26Cl2N4O3S. The van der Waals surface area contributed by atoms with Crippen LogP contribution in [0.5, 0.6) is 0 Å². The number of sulfonamides is 1. The number of rotatable bonds is 6. The number of hydrogen-bond donors (Lipinski definition) is 2. The Morgan fingerprint density at radius 1 is 1.26 bits per heavy atom. The number of ether oxygens (including phenoxy) is 1. The lowest BCUT2D eigenvalue weighted by Crippen LogP contribution is -2.50. The summed E-state index contributed by atoms with van der Waals surface area (Å²) in [5.74, 6) is 0.481. The average Bonchev–Trinajstić information content (AvgIpc) is 2.58. The quantitative estimate of drug-likeness (QED) is 0.526. The maximum Gasteiger partial charge on any atom is 0.216 e. The lowest BCUT2D eigenvalue weighted by atomic mass is 10.2. The van der Waals surface area contributed by atoms with Crippen molar-refractivity contribution < 1.29 is 13.2 Å². The minimum absolute atomic E-state index is 0.0190. The number of benzene rings is 1. The number of nitrogens with one attached hydrogen (secondary N) is 2. The zero-order valence-electron chi connectivity index (χ0n) is 15.7. The molecule has 1 heterocycles. The smallest absolute Gasteiger partial charge is 0.216 e. The van der Waals surface area contributed by atoms with Crippen molar-refractivity contribution in [3.05, 3.63) is 33.8 Å². The van der Waals surface area contributed by atoms with Crippen LogP contribution in [0, 0.1) is 0 Å². The molecule has 2 N–H and O–H groups in total. The molecule has 1 aromatic carbocycles. The van der Waals surface area contributed by atoms with E-state index in [1.54, 1.807) is 19.2 Å². The Morgan fingerprint density at radius 3 is 2.52 bits per heavy atom. The summed E-state index contributed by atoms with van der Waals surface area (Å²) in [6, 6.07) is 5.26. The summed E-state index contributed by atoms with van der Waals surface area (Å²) in [5, 5.41) is 7.26. The van der Waals surface area contributed by atoms with Gasteiger partial charge in [-0.1, -0.05) is 29.3 Å². The topological polar surface area (TPSA) is 83.0 Å². The Bertz CT molecular complexity index is 763. The highest BCUT2D eigenvalue weighted by molar-refractivity contribution is 7.89. The first-order valence-electron chi connectivity index (χ1n) is 8.73. The fraction of sp³-hybridized carbons (Fsp3) is 0.588. The van der Waals surface area contributed by atoms with Gasteiger partial charge < -0.3 is 15.4 Å². The Labute approximate surface area is 171 Å². The molecule has 7 nitrogen and oxygen atoms in total. The van der Waals surface area contributed by atoms with Crippen LogP contribution in [0.4, 0.5) is 0 Å². The molecule has 1 saturated heterocycles. The zero-order valence-corrected chi connectivity index (χ0v) is 18.0. The summed E-state index contributed by atoms with van der Waals surface area (Å²) in [4.78, 5) is 4.10. The van der Waals surface area contributed by atoms with Crippen LogP contribution in [-0.2, 0) is 21.3 Å². The third-order valence-electron chi connectivity index (χ3n) is 4.12. The molecule has 1 aliphatic heterocycles. The number of morpholine rings is 1. The van der Waals surface area contributed by atoms with E-state index in [0.717, 1.165) is 5.56 Å². The zero-order chi connectivity index (χ0) is 20.0. The first-order chi connectivity index (χ1) is 12.7. The molecule has 0 radical (unpaired) electrons. The highest BCUT2D eigenvalue weighted by Gasteiger charge is 2.30. The average molecular weight is 437 g/mol. The van der Waals surface area contributed by atoms with Crippen molar-refractivity contribution in [1.29, 1.82) is 0 Å². The highest BCUT2D eigenvalue weighted by Crippen LogP contribution is 2.20. The fourth-order valence-electron chi connectivity index (χ4n) is 2.85. The van der Waals surface area contributed by atoms with Crippen LogP contribution < -0.4 is 10.6 Å². The van der Waals surface area contributed by atoms with E-state index in [-0.39, 0.29) is 24.5 Å². The second-order valence-corrected chi connectivity index (χ2v) is 9.41. The van der Waals surface area contributed by atoms with E-state index in [0.29, 0.717) is 35.6 Å². The number of aliphatic imine (C=N–C) groups is 1. The van der Waals surface area contributed by atoms with Gasteiger partial charge in [0, 0.05) is 43.3 Å². The summed E-state index contributed by atoms with van der Waals surface area (Å²) in [7, 11) is -1.74. The normalized spacial score (nSPS) is 21.9. The van der Waals surface area contributed by atoms with Gasteiger partial charge in [-0.2, -0.15) is 4.31 Å². The number of nitrogens with zero attached hydrogens (tertiary/aromatic N) is 2. The first-order valence-corrected chi connectivity index (χ1v) is 11.1. The molecule has 0 aromatic heterocycles. The van der Waals surface area contributed by atoms with Gasteiger partial charge in [-0.3, -0.25) is 4.99 Å². The van der Waals surface area contributed by atoms with Gasteiger partial charge in [0.1, 0.15) is 0 Å². The standard InChI is InChI=1S/C17H26Cl2N4O3S/c1-12-10-23(11-13(2)26-12)27(24,25)7-6-21-17(20-3)22-9-14-4-5-15(18)8-16(14)19/h4-5,8,12-13H,6-7,9-11H2,1-3H3,(H2,20,21,22). The molecule has 1 aromatic rings. The molecule has 152 valence electrons. The first kappa shape index (κ1) is 22.2. The van der Waals surface area contributed by atoms with Crippen molar-refractivity contribution in [2.24, 2.45) is 4.99 Å². The third kappa shape index (κ3) is 6.80. The lowest BCUT2D eigenvalue weighted by Gasteiger charge is -2.34. The maximum absolute atomic E-state index is 12.5. The van der Waals surface area contributed by atoms with E-state index >= 15 is 0 Å². The van der Waals surface area contributed by atoms with Crippen molar-refractivity contribution in [2.75, 3.05) is 32.4 Å². The van der Waals surface area contributed by atoms with Crippen molar-refractivity contribution in [3.8, 4) is 0 Å². The number of halogens is 2. The van der Waals surface area contributed by atoms with Crippen LogP contribution in [0.1, 0.15) is 19.4 Å². The van der Waals surface area contributed by atoms with Gasteiger partial charge in [-0.25, -0.2) is 8.42 Å². The van der Waals surface area contributed by atoms with Gasteiger partial charge in [0.15, 0.2) is 5.96 Å². The fourth-order valence-corrected chi connectivity index (χ4v) is 4.82. The van der Waals surface area contributed by atoms with E-state index in [1.807, 2.05) is 19.9 Å². The summed E-state index contributed by atoms with van der Waals surface area (Å²) in [6.07, 6.45) is -0.204. The van der Waals surface area contributed by atoms with E-state index in [2.05, 4.69) is 15.6 Å². The Kier molecular flexibility index (Phi) is 8.18. The second-order valence-electron chi connectivity index (χ2n) is 6.48. The summed E-state index contributed by atoms with van der Waals surface area (Å²) >= 11 is 12.0. The maximum atomic E-state index is 12.5. The van der Waals surface area contributed by atoms with Gasteiger partial charge in [0.05, 0.1) is 18.0 Å². The van der Waals surface area contributed by atoms with Crippen molar-refractivity contribution in [2.45, 2.75) is 32.6 Å². The molecule has 0 saturated carbocycles. The monoisotopic (exact) mass is 436 g/mol. The predicted molar refractivity (Wildman–Crippen MR) is 110 cm³/mol. The van der Waals surface area contributed by atoms with E-state index in [1.165, 1.54) is 4.31 Å². The van der Waals surface area contributed by atoms with E-state index in [9.17, 15) is 8.42 Å². The third-order valence-corrected chi connectivity index (χ3v) is 6.51. The van der Waals surface area contributed by atoms with Gasteiger partial charge >= 0.3 is 0 Å². The van der Waals surface area contributed by atoms with Gasteiger partial charge in [0.25, 0.3) is 0 Å². The van der Waals surface area contributed by atoms with Crippen LogP contribution in [-0.4, -0.2) is 63.3 Å². The van der Waals surface area contributed by atoms with Crippen LogP contribution in [0.25, 0.3) is 0 Å². The molecule has 2 rings (SSSR count). The van der Waals surface area contributed by atoms with Crippen LogP contribution in [0.2, 0.25) is 10.0 Å². The Balaban J connectivity index is 1.83. The van der Waals surface area contributed by atoms with Crippen LogP contribution in [0.15, 0.2) is 23.2 Å².